The summed E-state index contributed by atoms with van der Waals surface area (Å²) >= 11 is 4.80. The number of carboxylic acid groups (broad SMARTS) is 1. The molecule has 0 saturated heterocycles. The SMILES string of the molecule is O=C(O)c1ccc(S(=O)Cc2cc(Br)cs2)o1. The first kappa shape index (κ1) is 12.5. The molecule has 4 nitrogen and oxygen atoms in total. The second-order valence-electron chi connectivity index (χ2n) is 3.14. The van der Waals surface area contributed by atoms with Gasteiger partial charge in [-0.05, 0) is 34.1 Å². The zero-order valence-electron chi connectivity index (χ0n) is 8.38. The summed E-state index contributed by atoms with van der Waals surface area (Å²) in [7, 11) is -1.36. The summed E-state index contributed by atoms with van der Waals surface area (Å²) in [6.07, 6.45) is 0. The first-order valence-electron chi connectivity index (χ1n) is 4.50. The summed E-state index contributed by atoms with van der Waals surface area (Å²) in [5.74, 6) is -1.03. The zero-order chi connectivity index (χ0) is 12.4. The Kier molecular flexibility index (Phi) is 3.80. The van der Waals surface area contributed by atoms with Crippen molar-refractivity contribution in [2.45, 2.75) is 10.8 Å². The molecule has 0 aliphatic carbocycles. The van der Waals surface area contributed by atoms with Gasteiger partial charge < -0.3 is 9.52 Å². The van der Waals surface area contributed by atoms with Crippen molar-refractivity contribution in [1.82, 2.24) is 0 Å². The molecule has 2 heterocycles. The first-order chi connectivity index (χ1) is 8.06. The third-order valence-electron chi connectivity index (χ3n) is 1.91. The fourth-order valence-corrected chi connectivity index (χ4v) is 3.90. The van der Waals surface area contributed by atoms with Crippen LogP contribution in [0.15, 0.2) is 37.6 Å². The molecule has 0 fully saturated rings. The van der Waals surface area contributed by atoms with E-state index >= 15 is 0 Å². The van der Waals surface area contributed by atoms with Crippen LogP contribution in [0.4, 0.5) is 0 Å². The molecular formula is C10H7BrO4S2. The third kappa shape index (κ3) is 3.05. The van der Waals surface area contributed by atoms with Gasteiger partial charge in [0.25, 0.3) is 0 Å². The summed E-state index contributed by atoms with van der Waals surface area (Å²) in [4.78, 5) is 11.5. The predicted molar refractivity (Wildman–Crippen MR) is 67.8 cm³/mol. The normalized spacial score (nSPS) is 12.5. The van der Waals surface area contributed by atoms with Crippen molar-refractivity contribution in [3.8, 4) is 0 Å². The van der Waals surface area contributed by atoms with Gasteiger partial charge in [-0.3, -0.25) is 4.21 Å². The summed E-state index contributed by atoms with van der Waals surface area (Å²) < 4.78 is 17.8. The third-order valence-corrected chi connectivity index (χ3v) is 5.03. The van der Waals surface area contributed by atoms with Crippen LogP contribution >= 0.6 is 27.3 Å². The van der Waals surface area contributed by atoms with Crippen LogP contribution in [0.3, 0.4) is 0 Å². The van der Waals surface area contributed by atoms with Crippen molar-refractivity contribution in [2.75, 3.05) is 0 Å². The van der Waals surface area contributed by atoms with Gasteiger partial charge in [0.15, 0.2) is 5.09 Å². The van der Waals surface area contributed by atoms with Crippen molar-refractivity contribution in [3.63, 3.8) is 0 Å². The number of thiophene rings is 1. The summed E-state index contributed by atoms with van der Waals surface area (Å²) in [5.41, 5.74) is 0. The van der Waals surface area contributed by atoms with Gasteiger partial charge in [-0.1, -0.05) is 0 Å². The molecule has 0 spiro atoms. The average molecular weight is 335 g/mol. The van der Waals surface area contributed by atoms with Crippen LogP contribution in [0, 0.1) is 0 Å². The average Bonchev–Trinajstić information content (AvgIpc) is 2.86. The fraction of sp³-hybridized carbons (Fsp3) is 0.100. The minimum absolute atomic E-state index is 0.187. The molecule has 1 N–H and O–H groups in total. The Morgan fingerprint density at radius 3 is 2.82 bits per heavy atom. The molecule has 2 aromatic heterocycles. The fourth-order valence-electron chi connectivity index (χ4n) is 1.19. The van der Waals surface area contributed by atoms with Gasteiger partial charge in [-0.2, -0.15) is 0 Å². The van der Waals surface area contributed by atoms with E-state index in [4.69, 9.17) is 9.52 Å². The Morgan fingerprint density at radius 2 is 2.29 bits per heavy atom. The highest BCUT2D eigenvalue weighted by Gasteiger charge is 2.14. The molecule has 2 aromatic rings. The number of hydrogen-bond donors (Lipinski definition) is 1. The van der Waals surface area contributed by atoms with Gasteiger partial charge in [-0.15, -0.1) is 11.3 Å². The van der Waals surface area contributed by atoms with E-state index in [1.54, 1.807) is 0 Å². The maximum atomic E-state index is 11.9. The number of hydrogen-bond acceptors (Lipinski definition) is 4. The zero-order valence-corrected chi connectivity index (χ0v) is 11.6. The lowest BCUT2D eigenvalue weighted by Crippen LogP contribution is -1.94. The van der Waals surface area contributed by atoms with Crippen molar-refractivity contribution in [2.24, 2.45) is 0 Å². The van der Waals surface area contributed by atoms with Crippen LogP contribution in [0.5, 0.6) is 0 Å². The Balaban J connectivity index is 2.11. The molecule has 0 aliphatic rings. The monoisotopic (exact) mass is 334 g/mol. The number of furan rings is 1. The van der Waals surface area contributed by atoms with Crippen molar-refractivity contribution < 1.29 is 18.5 Å². The van der Waals surface area contributed by atoms with Crippen molar-refractivity contribution in [1.29, 1.82) is 0 Å². The maximum absolute atomic E-state index is 11.9. The molecule has 0 bridgehead atoms. The van der Waals surface area contributed by atoms with E-state index in [1.807, 2.05) is 11.4 Å². The number of aromatic carboxylic acids is 1. The molecule has 0 saturated carbocycles. The molecule has 1 atom stereocenters. The smallest absolute Gasteiger partial charge is 0.371 e. The molecule has 90 valence electrons. The highest BCUT2D eigenvalue weighted by molar-refractivity contribution is 9.10. The maximum Gasteiger partial charge on any atom is 0.371 e. The Bertz CT molecular complexity index is 572. The second-order valence-corrected chi connectivity index (χ2v) is 6.44. The van der Waals surface area contributed by atoms with Crippen LogP contribution in [-0.4, -0.2) is 15.3 Å². The van der Waals surface area contributed by atoms with Crippen molar-refractivity contribution >= 4 is 44.0 Å². The number of rotatable bonds is 4. The van der Waals surface area contributed by atoms with E-state index < -0.39 is 16.8 Å². The molecule has 17 heavy (non-hydrogen) atoms. The van der Waals surface area contributed by atoms with Gasteiger partial charge in [0, 0.05) is 14.7 Å². The van der Waals surface area contributed by atoms with Crippen LogP contribution in [0.1, 0.15) is 15.4 Å². The van der Waals surface area contributed by atoms with E-state index in [-0.39, 0.29) is 10.9 Å². The van der Waals surface area contributed by atoms with Gasteiger partial charge in [0.05, 0.1) is 16.6 Å². The van der Waals surface area contributed by atoms with Crippen LogP contribution in [0.2, 0.25) is 0 Å². The highest BCUT2D eigenvalue weighted by Crippen LogP contribution is 2.23. The Hall–Kier alpha value is -0.920. The van der Waals surface area contributed by atoms with Gasteiger partial charge >= 0.3 is 5.97 Å². The minimum atomic E-state index is -1.36. The molecule has 0 aromatic carbocycles. The Morgan fingerprint density at radius 1 is 1.53 bits per heavy atom. The Labute approximate surface area is 112 Å². The molecule has 2 rings (SSSR count). The molecule has 7 heteroatoms. The molecule has 0 amide bonds. The quantitative estimate of drug-likeness (QED) is 0.932. The number of halogens is 1. The molecule has 0 radical (unpaired) electrons. The minimum Gasteiger partial charge on any atom is -0.475 e. The lowest BCUT2D eigenvalue weighted by atomic mass is 10.5. The van der Waals surface area contributed by atoms with Gasteiger partial charge in [-0.25, -0.2) is 4.79 Å². The van der Waals surface area contributed by atoms with Crippen LogP contribution < -0.4 is 0 Å². The van der Waals surface area contributed by atoms with E-state index in [9.17, 15) is 9.00 Å². The molecule has 0 aliphatic heterocycles. The topological polar surface area (TPSA) is 67.5 Å². The lowest BCUT2D eigenvalue weighted by Gasteiger charge is -1.95. The largest absolute Gasteiger partial charge is 0.475 e. The van der Waals surface area contributed by atoms with Crippen LogP contribution in [-0.2, 0) is 16.6 Å². The van der Waals surface area contributed by atoms with Gasteiger partial charge in [0.2, 0.25) is 5.76 Å². The summed E-state index contributed by atoms with van der Waals surface area (Å²) in [6, 6.07) is 4.62. The summed E-state index contributed by atoms with van der Waals surface area (Å²) in [6.45, 7) is 0. The first-order valence-corrected chi connectivity index (χ1v) is 7.50. The van der Waals surface area contributed by atoms with E-state index in [1.165, 1.54) is 23.5 Å². The second kappa shape index (κ2) is 5.16. The van der Waals surface area contributed by atoms with Gasteiger partial charge in [0.1, 0.15) is 0 Å². The lowest BCUT2D eigenvalue weighted by molar-refractivity contribution is 0.0656. The van der Waals surface area contributed by atoms with Crippen LogP contribution in [0.25, 0.3) is 0 Å². The van der Waals surface area contributed by atoms with E-state index in [0.29, 0.717) is 5.75 Å². The standard InChI is InChI=1S/C10H7BrO4S2/c11-6-3-7(16-4-6)5-17(14)9-2-1-8(15-9)10(12)13/h1-4H,5H2,(H,12,13). The molecular weight excluding hydrogens is 328 g/mol. The number of carbonyl (C=O) groups is 1. The summed E-state index contributed by atoms with van der Waals surface area (Å²) in [5, 5.41) is 10.8. The van der Waals surface area contributed by atoms with Crippen molar-refractivity contribution in [3.05, 3.63) is 38.7 Å². The predicted octanol–water partition coefficient (Wildman–Crippen LogP) is 3.11. The molecule has 1 unspecified atom stereocenters. The highest BCUT2D eigenvalue weighted by atomic mass is 79.9. The van der Waals surface area contributed by atoms with E-state index in [2.05, 4.69) is 15.9 Å². The van der Waals surface area contributed by atoms with E-state index in [0.717, 1.165) is 9.35 Å². The number of carboxylic acids is 1.